The van der Waals surface area contributed by atoms with Crippen molar-refractivity contribution in [3.63, 3.8) is 0 Å². The molecule has 1 aliphatic rings. The summed E-state index contributed by atoms with van der Waals surface area (Å²) in [6, 6.07) is -0.678. The molecule has 8 heteroatoms. The third kappa shape index (κ3) is 2.19. The lowest BCUT2D eigenvalue weighted by atomic mass is 10.3. The van der Waals surface area contributed by atoms with Crippen molar-refractivity contribution in [1.82, 2.24) is 4.31 Å². The predicted molar refractivity (Wildman–Crippen MR) is 45.3 cm³/mol. The van der Waals surface area contributed by atoms with Crippen molar-refractivity contribution in [2.75, 3.05) is 26.3 Å². The maximum absolute atomic E-state index is 12.2. The van der Waals surface area contributed by atoms with Crippen molar-refractivity contribution in [2.45, 2.75) is 11.8 Å². The van der Waals surface area contributed by atoms with Crippen LogP contribution < -0.4 is 5.73 Å². The second kappa shape index (κ2) is 4.47. The van der Waals surface area contributed by atoms with Crippen LogP contribution in [0.25, 0.3) is 0 Å². The lowest BCUT2D eigenvalue weighted by molar-refractivity contribution is 0.0324. The SMILES string of the molecule is NCC1COCCN1S(=O)(=O)C(F)F. The minimum Gasteiger partial charge on any atom is -0.378 e. The van der Waals surface area contributed by atoms with Gasteiger partial charge in [-0.25, -0.2) is 8.42 Å². The average Bonchev–Trinajstić information content (AvgIpc) is 2.17. The summed E-state index contributed by atoms with van der Waals surface area (Å²) in [6.07, 6.45) is 0. The summed E-state index contributed by atoms with van der Waals surface area (Å²) in [7, 11) is -4.52. The van der Waals surface area contributed by atoms with Gasteiger partial charge in [0, 0.05) is 13.1 Å². The summed E-state index contributed by atoms with van der Waals surface area (Å²) in [5.41, 5.74) is 5.26. The minimum atomic E-state index is -4.52. The van der Waals surface area contributed by atoms with Gasteiger partial charge in [0.1, 0.15) is 0 Å². The number of hydrogen-bond donors (Lipinski definition) is 1. The monoisotopic (exact) mass is 230 g/mol. The molecule has 0 radical (unpaired) electrons. The molecule has 1 rings (SSSR count). The minimum absolute atomic E-state index is 0.0219. The zero-order valence-electron chi connectivity index (χ0n) is 7.40. The molecular weight excluding hydrogens is 218 g/mol. The second-order valence-corrected chi connectivity index (χ2v) is 4.74. The lowest BCUT2D eigenvalue weighted by Crippen LogP contribution is -2.53. The quantitative estimate of drug-likeness (QED) is 0.688. The first-order valence-electron chi connectivity index (χ1n) is 4.06. The van der Waals surface area contributed by atoms with Crippen LogP contribution >= 0.6 is 0 Å². The van der Waals surface area contributed by atoms with E-state index in [0.29, 0.717) is 0 Å². The molecule has 84 valence electrons. The third-order valence-electron chi connectivity index (χ3n) is 2.00. The number of nitrogens with two attached hydrogens (primary N) is 1. The van der Waals surface area contributed by atoms with E-state index in [9.17, 15) is 17.2 Å². The van der Waals surface area contributed by atoms with Crippen LogP contribution in [0.3, 0.4) is 0 Å². The maximum atomic E-state index is 12.2. The third-order valence-corrected chi connectivity index (χ3v) is 3.58. The highest BCUT2D eigenvalue weighted by molar-refractivity contribution is 7.89. The van der Waals surface area contributed by atoms with Crippen molar-refractivity contribution in [2.24, 2.45) is 5.73 Å². The van der Waals surface area contributed by atoms with Crippen LogP contribution in [0, 0.1) is 0 Å². The van der Waals surface area contributed by atoms with Crippen molar-refractivity contribution in [1.29, 1.82) is 0 Å². The number of alkyl halides is 2. The van der Waals surface area contributed by atoms with E-state index in [-0.39, 0.29) is 26.3 Å². The standard InChI is InChI=1S/C6H12F2N2O3S/c7-6(8)14(11,12)10-1-2-13-4-5(10)3-9/h5-6H,1-4,9H2. The van der Waals surface area contributed by atoms with Crippen LogP contribution in [0.5, 0.6) is 0 Å². The molecule has 0 spiro atoms. The average molecular weight is 230 g/mol. The molecule has 1 atom stereocenters. The molecule has 1 aliphatic heterocycles. The van der Waals surface area contributed by atoms with Crippen molar-refractivity contribution < 1.29 is 21.9 Å². The molecule has 0 saturated carbocycles. The van der Waals surface area contributed by atoms with E-state index in [2.05, 4.69) is 0 Å². The maximum Gasteiger partial charge on any atom is 0.350 e. The predicted octanol–water partition coefficient (Wildman–Crippen LogP) is -0.802. The Morgan fingerprint density at radius 3 is 2.71 bits per heavy atom. The highest BCUT2D eigenvalue weighted by Crippen LogP contribution is 2.17. The van der Waals surface area contributed by atoms with E-state index in [1.165, 1.54) is 0 Å². The summed E-state index contributed by atoms with van der Waals surface area (Å²) in [6.45, 7) is 0.116. The first-order valence-corrected chi connectivity index (χ1v) is 5.57. The topological polar surface area (TPSA) is 72.6 Å². The zero-order chi connectivity index (χ0) is 10.8. The number of halogens is 2. The van der Waals surface area contributed by atoms with Crippen LogP contribution in [0.4, 0.5) is 8.78 Å². The van der Waals surface area contributed by atoms with Crippen LogP contribution in [0.1, 0.15) is 0 Å². The number of ether oxygens (including phenoxy) is 1. The Labute approximate surface area is 80.9 Å². The van der Waals surface area contributed by atoms with E-state index in [1.54, 1.807) is 0 Å². The van der Waals surface area contributed by atoms with Crippen molar-refractivity contribution in [3.8, 4) is 0 Å². The first-order chi connectivity index (χ1) is 6.50. The molecule has 0 bridgehead atoms. The number of rotatable bonds is 3. The highest BCUT2D eigenvalue weighted by atomic mass is 32.2. The largest absolute Gasteiger partial charge is 0.378 e. The van der Waals surface area contributed by atoms with Gasteiger partial charge in [0.2, 0.25) is 0 Å². The van der Waals surface area contributed by atoms with Crippen molar-refractivity contribution in [3.05, 3.63) is 0 Å². The van der Waals surface area contributed by atoms with Gasteiger partial charge in [-0.1, -0.05) is 0 Å². The van der Waals surface area contributed by atoms with E-state index < -0.39 is 21.8 Å². The first kappa shape index (κ1) is 11.8. The molecule has 14 heavy (non-hydrogen) atoms. The number of hydrogen-bond acceptors (Lipinski definition) is 4. The second-order valence-electron chi connectivity index (χ2n) is 2.88. The molecule has 0 aromatic heterocycles. The Morgan fingerprint density at radius 2 is 2.21 bits per heavy atom. The summed E-state index contributed by atoms with van der Waals surface area (Å²) in [5.74, 6) is -3.39. The van der Waals surface area contributed by atoms with E-state index in [0.717, 1.165) is 4.31 Å². The molecule has 1 heterocycles. The van der Waals surface area contributed by atoms with Crippen LogP contribution in [-0.2, 0) is 14.8 Å². The summed E-state index contributed by atoms with van der Waals surface area (Å²) >= 11 is 0. The Bertz CT molecular complexity index is 283. The van der Waals surface area contributed by atoms with Gasteiger partial charge in [0.15, 0.2) is 0 Å². The highest BCUT2D eigenvalue weighted by Gasteiger charge is 2.38. The van der Waals surface area contributed by atoms with Gasteiger partial charge >= 0.3 is 5.76 Å². The summed E-state index contributed by atoms with van der Waals surface area (Å²) in [5, 5.41) is 0. The molecular formula is C6H12F2N2O3S. The Hall–Kier alpha value is -0.310. The molecule has 0 amide bonds. The van der Waals surface area contributed by atoms with Gasteiger partial charge in [0.05, 0.1) is 19.3 Å². The normalized spacial score (nSPS) is 25.6. The molecule has 0 aromatic carbocycles. The molecule has 0 aliphatic carbocycles. The Morgan fingerprint density at radius 1 is 1.57 bits per heavy atom. The fourth-order valence-corrected chi connectivity index (χ4v) is 2.36. The van der Waals surface area contributed by atoms with Crippen molar-refractivity contribution >= 4 is 10.0 Å². The number of morpholine rings is 1. The fraction of sp³-hybridized carbons (Fsp3) is 1.00. The van der Waals surface area contributed by atoms with Gasteiger partial charge < -0.3 is 10.5 Å². The molecule has 1 saturated heterocycles. The summed E-state index contributed by atoms with van der Waals surface area (Å²) in [4.78, 5) is 0. The van der Waals surface area contributed by atoms with E-state index >= 15 is 0 Å². The van der Waals surface area contributed by atoms with Gasteiger partial charge in [-0.3, -0.25) is 0 Å². The number of sulfonamides is 1. The van der Waals surface area contributed by atoms with E-state index in [4.69, 9.17) is 10.5 Å². The van der Waals surface area contributed by atoms with Gasteiger partial charge in [-0.15, -0.1) is 0 Å². The Balaban J connectivity index is 2.83. The fourth-order valence-electron chi connectivity index (χ4n) is 1.26. The number of nitrogens with zero attached hydrogens (tertiary/aromatic N) is 1. The van der Waals surface area contributed by atoms with Gasteiger partial charge in [-0.05, 0) is 0 Å². The van der Waals surface area contributed by atoms with Gasteiger partial charge in [0.25, 0.3) is 10.0 Å². The zero-order valence-corrected chi connectivity index (χ0v) is 8.21. The molecule has 1 fully saturated rings. The van der Waals surface area contributed by atoms with Crippen LogP contribution in [0.2, 0.25) is 0 Å². The summed E-state index contributed by atoms with van der Waals surface area (Å²) < 4.78 is 52.3. The van der Waals surface area contributed by atoms with Crippen LogP contribution in [-0.4, -0.2) is 50.8 Å². The Kier molecular flexibility index (Phi) is 3.76. The van der Waals surface area contributed by atoms with E-state index in [1.807, 2.05) is 0 Å². The molecule has 0 aromatic rings. The lowest BCUT2D eigenvalue weighted by Gasteiger charge is -2.33. The smallest absolute Gasteiger partial charge is 0.350 e. The van der Waals surface area contributed by atoms with Gasteiger partial charge in [-0.2, -0.15) is 13.1 Å². The molecule has 1 unspecified atom stereocenters. The van der Waals surface area contributed by atoms with Crippen LogP contribution in [0.15, 0.2) is 0 Å². The molecule has 2 N–H and O–H groups in total. The molecule has 5 nitrogen and oxygen atoms in total.